The molecule has 0 amide bonds. The summed E-state index contributed by atoms with van der Waals surface area (Å²) in [6, 6.07) is 0. The molecule has 2 nitrogen and oxygen atoms in total. The van der Waals surface area contributed by atoms with Gasteiger partial charge in [-0.05, 0) is 12.2 Å². The average molecular weight is 188 g/mol. The Morgan fingerprint density at radius 3 is 2.50 bits per heavy atom. The van der Waals surface area contributed by atoms with Crippen molar-refractivity contribution in [3.8, 4) is 0 Å². The highest BCUT2D eigenvalue weighted by molar-refractivity contribution is 8.05. The molecular weight excluding hydrogens is 183 g/mol. The van der Waals surface area contributed by atoms with Gasteiger partial charge in [0.1, 0.15) is 0 Å². The number of hydrogen-bond acceptors (Lipinski definition) is 2. The van der Waals surface area contributed by atoms with Gasteiger partial charge in [-0.15, -0.1) is 0 Å². The normalized spacial score (nSPS) is 10.4. The number of halogens is 1. The minimum atomic E-state index is -0.785. The molecule has 0 bridgehead atoms. The molecule has 0 radical (unpaired) electrons. The average Bonchev–Trinajstić information content (AvgIpc) is 1.65. The fourth-order valence-electron chi connectivity index (χ4n) is 0.153. The molecule has 3 N–H and O–H groups in total. The fourth-order valence-corrected chi connectivity index (χ4v) is 1.44. The molecule has 46 valence electrons. The van der Waals surface area contributed by atoms with Gasteiger partial charge in [0, 0.05) is 0 Å². The van der Waals surface area contributed by atoms with Crippen LogP contribution in [0, 0.1) is 0 Å². The predicted molar refractivity (Wildman–Crippen MR) is 44.9 cm³/mol. The van der Waals surface area contributed by atoms with Crippen LogP contribution >= 0.6 is 30.7 Å². The van der Waals surface area contributed by atoms with Gasteiger partial charge in [0.05, 0.1) is 0 Å². The highest BCUT2D eigenvalue weighted by Crippen LogP contribution is 2.14. The van der Waals surface area contributed by atoms with Gasteiger partial charge in [0.2, 0.25) is 10.7 Å². The van der Waals surface area contributed by atoms with Crippen LogP contribution < -0.4 is 10.8 Å². The first-order valence-corrected chi connectivity index (χ1v) is 5.22. The van der Waals surface area contributed by atoms with Crippen LogP contribution in [0.15, 0.2) is 0 Å². The molecule has 0 aliphatic carbocycles. The lowest BCUT2D eigenvalue weighted by molar-refractivity contribution is 1.48. The Kier molecular flexibility index (Phi) is 4.66. The maximum absolute atomic E-state index is 5.34. The molecule has 8 heavy (non-hydrogen) atoms. The lowest BCUT2D eigenvalue weighted by atomic mass is 11.3. The number of hydrogen-bond donors (Lipinski definition) is 2. The molecule has 0 rings (SSSR count). The van der Waals surface area contributed by atoms with Crippen LogP contribution in [0.3, 0.4) is 0 Å². The van der Waals surface area contributed by atoms with E-state index in [1.807, 2.05) is 0 Å². The highest BCUT2D eigenvalue weighted by atomic mass is 35.5. The standard InChI is InChI=1S/C2H4ClN2PS2/c3-1-6(8)5-2(4)7/h1H2,(H2-,4,5,7,8)/p+1. The number of nitrogens with two attached hydrogens (primary N) is 1. The zero-order valence-electron chi connectivity index (χ0n) is 3.93. The monoisotopic (exact) mass is 187 g/mol. The number of rotatable bonds is 2. The number of alkyl halides is 1. The van der Waals surface area contributed by atoms with Gasteiger partial charge in [0.15, 0.2) is 11.8 Å². The number of thiocarbonyl (C=S) groups is 1. The van der Waals surface area contributed by atoms with Crippen molar-refractivity contribution in [1.29, 1.82) is 0 Å². The molecule has 0 heterocycles. The first-order valence-electron chi connectivity index (χ1n) is 1.73. The van der Waals surface area contributed by atoms with Gasteiger partial charge in [0.25, 0.3) is 0 Å². The van der Waals surface area contributed by atoms with Crippen LogP contribution in [0.1, 0.15) is 0 Å². The van der Waals surface area contributed by atoms with Crippen molar-refractivity contribution in [3.05, 3.63) is 0 Å². The number of nitrogens with one attached hydrogen (secondary N) is 1. The molecular formula is C2H5ClN2PS2+. The maximum Gasteiger partial charge on any atom is 0.309 e. The van der Waals surface area contributed by atoms with Crippen molar-refractivity contribution in [2.45, 2.75) is 0 Å². The first-order chi connectivity index (χ1) is 3.66. The quantitative estimate of drug-likeness (QED) is 0.382. The van der Waals surface area contributed by atoms with E-state index in [9.17, 15) is 0 Å². The van der Waals surface area contributed by atoms with Crippen molar-refractivity contribution in [2.24, 2.45) is 5.73 Å². The van der Waals surface area contributed by atoms with Crippen LogP contribution in [0.25, 0.3) is 0 Å². The van der Waals surface area contributed by atoms with E-state index < -0.39 is 6.85 Å². The molecule has 1 unspecified atom stereocenters. The van der Waals surface area contributed by atoms with E-state index in [0.717, 1.165) is 0 Å². The molecule has 0 aromatic rings. The fraction of sp³-hybridized carbons (Fsp3) is 0.500. The molecule has 0 fully saturated rings. The van der Waals surface area contributed by atoms with Crippen molar-refractivity contribution in [2.75, 3.05) is 5.62 Å². The highest BCUT2D eigenvalue weighted by Gasteiger charge is 2.05. The Bertz CT molecular complexity index is 117. The Morgan fingerprint density at radius 1 is 1.88 bits per heavy atom. The van der Waals surface area contributed by atoms with Crippen LogP contribution in [0.5, 0.6) is 0 Å². The van der Waals surface area contributed by atoms with Crippen molar-refractivity contribution in [3.63, 3.8) is 0 Å². The minimum absolute atomic E-state index is 0.228. The second kappa shape index (κ2) is 4.39. The molecule has 0 aromatic carbocycles. The van der Waals surface area contributed by atoms with Crippen molar-refractivity contribution in [1.82, 2.24) is 5.09 Å². The third kappa shape index (κ3) is 4.65. The van der Waals surface area contributed by atoms with Crippen LogP contribution in [0.2, 0.25) is 0 Å². The van der Waals surface area contributed by atoms with E-state index in [-0.39, 0.29) is 5.11 Å². The second-order valence-electron chi connectivity index (χ2n) is 0.974. The molecule has 0 aromatic heterocycles. The summed E-state index contributed by atoms with van der Waals surface area (Å²) in [5, 5.41) is 2.88. The van der Waals surface area contributed by atoms with E-state index in [4.69, 9.17) is 29.1 Å². The van der Waals surface area contributed by atoms with Gasteiger partial charge >= 0.3 is 6.85 Å². The Hall–Kier alpha value is 0.500. The van der Waals surface area contributed by atoms with Crippen LogP contribution in [0.4, 0.5) is 0 Å². The summed E-state index contributed by atoms with van der Waals surface area (Å²) in [6.07, 6.45) is 0. The molecule has 0 spiro atoms. The lowest BCUT2D eigenvalue weighted by Gasteiger charge is -1.86. The SMILES string of the molecule is NC(=S)N[P+](=S)CCl. The van der Waals surface area contributed by atoms with Gasteiger partial charge in [-0.2, -0.15) is 5.09 Å². The molecule has 0 saturated heterocycles. The van der Waals surface area contributed by atoms with Crippen LogP contribution in [-0.2, 0) is 11.8 Å². The van der Waals surface area contributed by atoms with E-state index >= 15 is 0 Å². The van der Waals surface area contributed by atoms with Gasteiger partial charge in [-0.25, -0.2) is 0 Å². The Balaban J connectivity index is 3.40. The zero-order chi connectivity index (χ0) is 6.57. The third-order valence-electron chi connectivity index (χ3n) is 0.343. The topological polar surface area (TPSA) is 38.0 Å². The molecule has 0 aliphatic heterocycles. The Morgan fingerprint density at radius 2 is 2.38 bits per heavy atom. The summed E-state index contributed by atoms with van der Waals surface area (Å²) < 4.78 is 0. The van der Waals surface area contributed by atoms with E-state index in [0.29, 0.717) is 5.62 Å². The summed E-state index contributed by atoms with van der Waals surface area (Å²) in [5.41, 5.74) is 5.48. The molecule has 1 atom stereocenters. The summed E-state index contributed by atoms with van der Waals surface area (Å²) in [7, 11) is 0. The maximum atomic E-state index is 5.34. The van der Waals surface area contributed by atoms with E-state index in [1.165, 1.54) is 0 Å². The van der Waals surface area contributed by atoms with Crippen molar-refractivity contribution >= 4 is 47.6 Å². The second-order valence-corrected chi connectivity index (χ2v) is 4.67. The minimum Gasteiger partial charge on any atom is -0.373 e. The van der Waals surface area contributed by atoms with Gasteiger partial charge in [-0.1, -0.05) is 11.6 Å². The zero-order valence-corrected chi connectivity index (χ0v) is 7.21. The third-order valence-corrected chi connectivity index (χ3v) is 3.11. The Labute approximate surface area is 64.2 Å². The summed E-state index contributed by atoms with van der Waals surface area (Å²) in [6.45, 7) is -0.785. The van der Waals surface area contributed by atoms with E-state index in [2.05, 4.69) is 17.3 Å². The van der Waals surface area contributed by atoms with Gasteiger partial charge in [-0.3, -0.25) is 0 Å². The summed E-state index contributed by atoms with van der Waals surface area (Å²) >= 11 is 14.6. The smallest absolute Gasteiger partial charge is 0.309 e. The molecule has 0 aliphatic rings. The lowest BCUT2D eigenvalue weighted by Crippen LogP contribution is -2.22. The summed E-state index contributed by atoms with van der Waals surface area (Å²) in [5.74, 6) is 0. The summed E-state index contributed by atoms with van der Waals surface area (Å²) in [4.78, 5) is 0. The largest absolute Gasteiger partial charge is 0.373 e. The van der Waals surface area contributed by atoms with Gasteiger partial charge < -0.3 is 5.73 Å². The first kappa shape index (κ1) is 8.50. The van der Waals surface area contributed by atoms with Crippen LogP contribution in [-0.4, -0.2) is 10.7 Å². The van der Waals surface area contributed by atoms with E-state index in [1.54, 1.807) is 0 Å². The molecule has 6 heteroatoms. The van der Waals surface area contributed by atoms with Crippen molar-refractivity contribution < 1.29 is 0 Å². The molecule has 0 saturated carbocycles. The predicted octanol–water partition coefficient (Wildman–Crippen LogP) is 0.875.